The van der Waals surface area contributed by atoms with Gasteiger partial charge in [0.15, 0.2) is 0 Å². The van der Waals surface area contributed by atoms with E-state index in [1.807, 2.05) is 0 Å². The average molecular weight is 150 g/mol. The fourth-order valence-corrected chi connectivity index (χ4v) is 0.236. The molecule has 0 radical (unpaired) electrons. The Labute approximate surface area is 59.8 Å². The van der Waals surface area contributed by atoms with Crippen molar-refractivity contribution >= 4 is 6.16 Å². The summed E-state index contributed by atoms with van der Waals surface area (Å²) in [6.45, 7) is 5.12. The number of rotatable bonds is 2. The molecular formula is C5H14N2O3. The van der Waals surface area contributed by atoms with Gasteiger partial charge in [-0.25, -0.2) is 4.79 Å². The molecule has 0 saturated carbocycles. The van der Waals surface area contributed by atoms with Gasteiger partial charge in [0.1, 0.15) is 0 Å². The Bertz CT molecular complexity index is 81.0. The summed E-state index contributed by atoms with van der Waals surface area (Å²) in [6.07, 6.45) is -1.83. The molecular weight excluding hydrogens is 136 g/mol. The zero-order valence-electron chi connectivity index (χ0n) is 6.16. The molecule has 5 heteroatoms. The maximum atomic E-state index is 8.56. The molecule has 0 fully saturated rings. The van der Waals surface area contributed by atoms with Gasteiger partial charge in [-0.15, -0.1) is 0 Å². The molecule has 0 aromatic heterocycles. The van der Waals surface area contributed by atoms with Crippen molar-refractivity contribution < 1.29 is 15.0 Å². The lowest BCUT2D eigenvalue weighted by Crippen LogP contribution is -2.26. The summed E-state index contributed by atoms with van der Waals surface area (Å²) in [7, 11) is 0. The van der Waals surface area contributed by atoms with Gasteiger partial charge >= 0.3 is 6.16 Å². The predicted molar refractivity (Wildman–Crippen MR) is 37.7 cm³/mol. The van der Waals surface area contributed by atoms with Gasteiger partial charge in [0, 0.05) is 6.54 Å². The molecule has 5 nitrogen and oxygen atoms in total. The van der Waals surface area contributed by atoms with Crippen molar-refractivity contribution in [2.75, 3.05) is 6.54 Å². The Balaban J connectivity index is 0. The second kappa shape index (κ2) is 8.19. The van der Waals surface area contributed by atoms with Crippen LogP contribution in [-0.2, 0) is 0 Å². The van der Waals surface area contributed by atoms with Gasteiger partial charge in [0.2, 0.25) is 0 Å². The van der Waals surface area contributed by atoms with Crippen molar-refractivity contribution in [3.8, 4) is 0 Å². The fraction of sp³-hybridized carbons (Fsp3) is 0.800. The first kappa shape index (κ1) is 11.9. The van der Waals surface area contributed by atoms with E-state index in [1.54, 1.807) is 0 Å². The molecule has 0 aliphatic heterocycles. The summed E-state index contributed by atoms with van der Waals surface area (Å²) in [5.74, 6) is 5.64. The van der Waals surface area contributed by atoms with Gasteiger partial charge in [-0.3, -0.25) is 11.3 Å². The van der Waals surface area contributed by atoms with E-state index in [0.717, 1.165) is 6.54 Å². The van der Waals surface area contributed by atoms with E-state index in [2.05, 4.69) is 19.3 Å². The molecule has 10 heavy (non-hydrogen) atoms. The number of nitrogens with one attached hydrogen (secondary N) is 1. The lowest BCUT2D eigenvalue weighted by molar-refractivity contribution is 0.137. The summed E-state index contributed by atoms with van der Waals surface area (Å²) in [5, 5.41) is 13.9. The molecule has 62 valence electrons. The Hall–Kier alpha value is -0.810. The van der Waals surface area contributed by atoms with Gasteiger partial charge in [-0.1, -0.05) is 13.8 Å². The highest BCUT2D eigenvalue weighted by Crippen LogP contribution is 1.83. The van der Waals surface area contributed by atoms with Crippen molar-refractivity contribution in [2.45, 2.75) is 13.8 Å². The molecule has 0 rings (SSSR count). The molecule has 0 spiro atoms. The summed E-state index contributed by atoms with van der Waals surface area (Å²) < 4.78 is 0. The van der Waals surface area contributed by atoms with Crippen LogP contribution in [0.4, 0.5) is 4.79 Å². The highest BCUT2D eigenvalue weighted by Gasteiger charge is 1.84. The standard InChI is InChI=1S/C4H12N2.CH2O3/c1-4(2)3-6-5;2-1(3)4/h4,6H,3,5H2,1-2H3;(H2,2,3,4). The zero-order chi connectivity index (χ0) is 8.57. The maximum Gasteiger partial charge on any atom is 0.503 e. The number of nitrogens with two attached hydrogens (primary N) is 1. The van der Waals surface area contributed by atoms with Crippen LogP contribution in [0.3, 0.4) is 0 Å². The number of carboxylic acid groups (broad SMARTS) is 2. The highest BCUT2D eigenvalue weighted by atomic mass is 16.6. The topological polar surface area (TPSA) is 95.6 Å². The van der Waals surface area contributed by atoms with Gasteiger partial charge in [0.05, 0.1) is 0 Å². The SMILES string of the molecule is CC(C)CNN.O=C(O)O. The molecule has 5 N–H and O–H groups in total. The maximum absolute atomic E-state index is 8.56. The molecule has 0 aromatic carbocycles. The zero-order valence-corrected chi connectivity index (χ0v) is 6.16. The molecule has 0 unspecified atom stereocenters. The van der Waals surface area contributed by atoms with Gasteiger partial charge in [0.25, 0.3) is 0 Å². The lowest BCUT2D eigenvalue weighted by Gasteiger charge is -1.98. The van der Waals surface area contributed by atoms with Crippen molar-refractivity contribution in [3.63, 3.8) is 0 Å². The van der Waals surface area contributed by atoms with E-state index in [9.17, 15) is 0 Å². The van der Waals surface area contributed by atoms with Crippen LogP contribution < -0.4 is 11.3 Å². The third-order valence-corrected chi connectivity index (χ3v) is 0.526. The van der Waals surface area contributed by atoms with Gasteiger partial charge in [-0.2, -0.15) is 0 Å². The molecule has 0 aromatic rings. The molecule has 0 aliphatic rings. The van der Waals surface area contributed by atoms with E-state index in [1.165, 1.54) is 0 Å². The van der Waals surface area contributed by atoms with Crippen LogP contribution in [0.15, 0.2) is 0 Å². The van der Waals surface area contributed by atoms with E-state index in [0.29, 0.717) is 5.92 Å². The minimum absolute atomic E-state index is 0.662. The number of hydrogen-bond acceptors (Lipinski definition) is 3. The largest absolute Gasteiger partial charge is 0.503 e. The monoisotopic (exact) mass is 150 g/mol. The van der Waals surface area contributed by atoms with Gasteiger partial charge in [-0.05, 0) is 5.92 Å². The Morgan fingerprint density at radius 1 is 1.60 bits per heavy atom. The number of hydrogen-bond donors (Lipinski definition) is 4. The van der Waals surface area contributed by atoms with Crippen LogP contribution in [0, 0.1) is 5.92 Å². The normalized spacial score (nSPS) is 8.40. The van der Waals surface area contributed by atoms with Crippen molar-refractivity contribution in [1.82, 2.24) is 5.43 Å². The summed E-state index contributed by atoms with van der Waals surface area (Å²) in [5.41, 5.74) is 2.57. The van der Waals surface area contributed by atoms with E-state index in [4.69, 9.17) is 20.9 Å². The smallest absolute Gasteiger partial charge is 0.450 e. The number of carbonyl (C=O) groups is 1. The Morgan fingerprint density at radius 2 is 1.90 bits per heavy atom. The third kappa shape index (κ3) is 57.4. The minimum atomic E-state index is -1.83. The van der Waals surface area contributed by atoms with Crippen LogP contribution in [0.1, 0.15) is 13.8 Å². The van der Waals surface area contributed by atoms with E-state index >= 15 is 0 Å². The van der Waals surface area contributed by atoms with E-state index < -0.39 is 6.16 Å². The quantitative estimate of drug-likeness (QED) is 0.336. The first-order valence-electron chi connectivity index (χ1n) is 2.86. The van der Waals surface area contributed by atoms with Crippen LogP contribution >= 0.6 is 0 Å². The number of hydrazine groups is 1. The second-order valence-corrected chi connectivity index (χ2v) is 2.08. The molecule has 0 amide bonds. The van der Waals surface area contributed by atoms with E-state index in [-0.39, 0.29) is 0 Å². The molecule has 0 heterocycles. The molecule has 0 atom stereocenters. The van der Waals surface area contributed by atoms with Crippen LogP contribution in [-0.4, -0.2) is 22.9 Å². The van der Waals surface area contributed by atoms with Crippen molar-refractivity contribution in [3.05, 3.63) is 0 Å². The third-order valence-electron chi connectivity index (χ3n) is 0.526. The van der Waals surface area contributed by atoms with Crippen LogP contribution in [0.5, 0.6) is 0 Å². The van der Waals surface area contributed by atoms with Crippen molar-refractivity contribution in [1.29, 1.82) is 0 Å². The Morgan fingerprint density at radius 3 is 1.90 bits per heavy atom. The van der Waals surface area contributed by atoms with Crippen LogP contribution in [0.25, 0.3) is 0 Å². The molecule has 0 aliphatic carbocycles. The Kier molecular flexibility index (Phi) is 9.77. The average Bonchev–Trinajstić information content (AvgIpc) is 1.62. The summed E-state index contributed by atoms with van der Waals surface area (Å²) >= 11 is 0. The molecule has 0 bridgehead atoms. The predicted octanol–water partition coefficient (Wildman–Crippen LogP) is 0.328. The summed E-state index contributed by atoms with van der Waals surface area (Å²) in [6, 6.07) is 0. The fourth-order valence-electron chi connectivity index (χ4n) is 0.236. The van der Waals surface area contributed by atoms with Crippen LogP contribution in [0.2, 0.25) is 0 Å². The van der Waals surface area contributed by atoms with Crippen molar-refractivity contribution in [2.24, 2.45) is 11.8 Å². The summed E-state index contributed by atoms with van der Waals surface area (Å²) in [4.78, 5) is 8.56. The minimum Gasteiger partial charge on any atom is -0.450 e. The van der Waals surface area contributed by atoms with Gasteiger partial charge < -0.3 is 10.2 Å². The first-order valence-corrected chi connectivity index (χ1v) is 2.86. The highest BCUT2D eigenvalue weighted by molar-refractivity contribution is 5.53. The lowest BCUT2D eigenvalue weighted by atomic mass is 10.2. The molecule has 0 saturated heterocycles. The first-order chi connectivity index (χ1) is 4.50. The second-order valence-electron chi connectivity index (χ2n) is 2.08.